The van der Waals surface area contributed by atoms with Crippen LogP contribution in [0.1, 0.15) is 41.3 Å². The van der Waals surface area contributed by atoms with Crippen molar-refractivity contribution in [2.24, 2.45) is 0 Å². The molecule has 3 aromatic rings. The minimum absolute atomic E-state index is 0.135. The van der Waals surface area contributed by atoms with Gasteiger partial charge in [0.2, 0.25) is 5.91 Å². The maximum atomic E-state index is 12.9. The molecule has 0 fully saturated rings. The lowest BCUT2D eigenvalue weighted by Crippen LogP contribution is -2.50. The Labute approximate surface area is 206 Å². The highest BCUT2D eigenvalue weighted by Gasteiger charge is 2.32. The molecule has 3 rings (SSSR count). The zero-order valence-corrected chi connectivity index (χ0v) is 20.2. The van der Waals surface area contributed by atoms with Crippen molar-refractivity contribution in [2.75, 3.05) is 5.32 Å². The molecule has 0 radical (unpaired) electrons. The highest BCUT2D eigenvalue weighted by atomic mass is 16.3. The maximum Gasteiger partial charge on any atom is 0.251 e. The van der Waals surface area contributed by atoms with E-state index in [1.54, 1.807) is 54.4 Å². The molecule has 182 valence electrons. The van der Waals surface area contributed by atoms with Gasteiger partial charge in [-0.15, -0.1) is 13.2 Å². The van der Waals surface area contributed by atoms with Gasteiger partial charge < -0.3 is 15.7 Å². The Bertz CT molecular complexity index is 1200. The summed E-state index contributed by atoms with van der Waals surface area (Å²) in [5.41, 5.74) is 2.53. The number of hydrogen-bond acceptors (Lipinski definition) is 4. The molecule has 1 atom stereocenters. The van der Waals surface area contributed by atoms with E-state index in [2.05, 4.69) is 28.9 Å². The van der Waals surface area contributed by atoms with Crippen LogP contribution in [0.25, 0.3) is 5.69 Å². The normalized spacial score (nSPS) is 12.0. The van der Waals surface area contributed by atoms with Gasteiger partial charge in [-0.1, -0.05) is 48.0 Å². The highest BCUT2D eigenvalue weighted by Crippen LogP contribution is 2.22. The lowest BCUT2D eigenvalue weighted by molar-refractivity contribution is -0.115. The van der Waals surface area contributed by atoms with Gasteiger partial charge in [0.15, 0.2) is 0 Å². The molecule has 0 saturated heterocycles. The van der Waals surface area contributed by atoms with E-state index in [0.29, 0.717) is 29.8 Å². The minimum Gasteiger partial charge on any atom is -0.387 e. The first-order chi connectivity index (χ1) is 16.7. The van der Waals surface area contributed by atoms with Crippen LogP contribution in [0.15, 0.2) is 86.2 Å². The molecule has 0 unspecified atom stereocenters. The highest BCUT2D eigenvalue weighted by molar-refractivity contribution is 5.95. The molecule has 7 heteroatoms. The number of hydrogen-bond donors (Lipinski definition) is 3. The summed E-state index contributed by atoms with van der Waals surface area (Å²) in [6.07, 6.45) is 7.43. The third-order valence-corrected chi connectivity index (χ3v) is 5.84. The number of carbonyl (C=O) groups excluding carboxylic acids is 2. The van der Waals surface area contributed by atoms with Crippen LogP contribution in [0.2, 0.25) is 0 Å². The van der Waals surface area contributed by atoms with Crippen LogP contribution in [0.3, 0.4) is 0 Å². The fourth-order valence-corrected chi connectivity index (χ4v) is 3.88. The molecule has 1 aromatic heterocycles. The van der Waals surface area contributed by atoms with Gasteiger partial charge in [0.05, 0.1) is 41.8 Å². The minimum atomic E-state index is -1.16. The third kappa shape index (κ3) is 6.77. The average Bonchev–Trinajstić information content (AvgIpc) is 3.27. The number of amides is 2. The third-order valence-electron chi connectivity index (χ3n) is 5.84. The predicted molar refractivity (Wildman–Crippen MR) is 139 cm³/mol. The van der Waals surface area contributed by atoms with Crippen molar-refractivity contribution in [3.8, 4) is 5.69 Å². The van der Waals surface area contributed by atoms with E-state index in [0.717, 1.165) is 11.1 Å². The number of carbonyl (C=O) groups is 2. The van der Waals surface area contributed by atoms with Gasteiger partial charge in [0.25, 0.3) is 5.91 Å². The first-order valence-electron chi connectivity index (χ1n) is 11.5. The van der Waals surface area contributed by atoms with Crippen molar-refractivity contribution in [2.45, 2.75) is 44.8 Å². The summed E-state index contributed by atoms with van der Waals surface area (Å²) >= 11 is 0. The number of nitrogens with one attached hydrogen (secondary N) is 2. The summed E-state index contributed by atoms with van der Waals surface area (Å²) in [6, 6.07) is 14.3. The van der Waals surface area contributed by atoms with Crippen molar-refractivity contribution in [1.82, 2.24) is 15.1 Å². The molecule has 0 aliphatic heterocycles. The molecule has 2 aromatic carbocycles. The van der Waals surface area contributed by atoms with E-state index in [1.165, 1.54) is 0 Å². The fraction of sp³-hybridized carbons (Fsp3) is 0.250. The Balaban J connectivity index is 1.67. The molecule has 0 saturated carbocycles. The molecule has 0 spiro atoms. The standard InChI is InChI=1S/C28H32N4O3/c1-5-13-28(35,14-6-2)21(4)30-27(34)23-11-8-12-25(17-23)32-19-24(18-29-32)31-26(33)16-22-10-7-9-20(3)15-22/h5-12,15,17-19,21,35H,1-2,13-14,16H2,3-4H3,(H,30,34)(H,31,33)/t21-/m1/s1. The van der Waals surface area contributed by atoms with Crippen molar-refractivity contribution < 1.29 is 14.7 Å². The van der Waals surface area contributed by atoms with Crippen LogP contribution in [-0.2, 0) is 11.2 Å². The first kappa shape index (κ1) is 25.6. The number of aromatic nitrogens is 2. The van der Waals surface area contributed by atoms with Crippen molar-refractivity contribution in [3.05, 3.63) is 103 Å². The molecule has 0 aliphatic rings. The molecular formula is C28H32N4O3. The van der Waals surface area contributed by atoms with Crippen molar-refractivity contribution in [1.29, 1.82) is 0 Å². The second kappa shape index (κ2) is 11.4. The van der Waals surface area contributed by atoms with E-state index in [4.69, 9.17) is 0 Å². The SMILES string of the molecule is C=CCC(O)(CC=C)[C@@H](C)NC(=O)c1cccc(-n2cc(NC(=O)Cc3cccc(C)c3)cn2)c1. The summed E-state index contributed by atoms with van der Waals surface area (Å²) in [6.45, 7) is 11.1. The number of aryl methyl sites for hydroxylation is 1. The number of nitrogens with zero attached hydrogens (tertiary/aromatic N) is 2. The van der Waals surface area contributed by atoms with Gasteiger partial charge in [-0.3, -0.25) is 9.59 Å². The van der Waals surface area contributed by atoms with Crippen LogP contribution in [0.4, 0.5) is 5.69 Å². The molecular weight excluding hydrogens is 440 g/mol. The summed E-state index contributed by atoms with van der Waals surface area (Å²) in [5, 5.41) is 20.9. The number of anilines is 1. The smallest absolute Gasteiger partial charge is 0.251 e. The maximum absolute atomic E-state index is 12.9. The first-order valence-corrected chi connectivity index (χ1v) is 11.5. The molecule has 2 amide bonds. The van der Waals surface area contributed by atoms with Crippen molar-refractivity contribution in [3.63, 3.8) is 0 Å². The lowest BCUT2D eigenvalue weighted by atomic mass is 9.88. The van der Waals surface area contributed by atoms with Gasteiger partial charge in [-0.25, -0.2) is 4.68 Å². The zero-order chi connectivity index (χ0) is 25.4. The van der Waals surface area contributed by atoms with Gasteiger partial charge in [-0.2, -0.15) is 5.10 Å². The predicted octanol–water partition coefficient (Wildman–Crippen LogP) is 4.36. The Kier molecular flexibility index (Phi) is 8.39. The number of benzene rings is 2. The Morgan fingerprint density at radius 2 is 1.86 bits per heavy atom. The molecule has 7 nitrogen and oxygen atoms in total. The molecule has 0 bridgehead atoms. The van der Waals surface area contributed by atoms with Gasteiger partial charge >= 0.3 is 0 Å². The quantitative estimate of drug-likeness (QED) is 0.361. The molecule has 3 N–H and O–H groups in total. The topological polar surface area (TPSA) is 96.2 Å². The van der Waals surface area contributed by atoms with Gasteiger partial charge in [0, 0.05) is 5.56 Å². The monoisotopic (exact) mass is 472 g/mol. The van der Waals surface area contributed by atoms with Crippen LogP contribution < -0.4 is 10.6 Å². The van der Waals surface area contributed by atoms with E-state index < -0.39 is 11.6 Å². The van der Waals surface area contributed by atoms with E-state index in [1.807, 2.05) is 37.3 Å². The van der Waals surface area contributed by atoms with E-state index in [9.17, 15) is 14.7 Å². The second-order valence-corrected chi connectivity index (χ2v) is 8.72. The Hall–Kier alpha value is -3.97. The van der Waals surface area contributed by atoms with Gasteiger partial charge in [-0.05, 0) is 50.5 Å². The van der Waals surface area contributed by atoms with Crippen LogP contribution in [-0.4, -0.2) is 38.3 Å². The summed E-state index contributed by atoms with van der Waals surface area (Å²) in [4.78, 5) is 25.3. The lowest BCUT2D eigenvalue weighted by Gasteiger charge is -2.33. The Morgan fingerprint density at radius 1 is 1.14 bits per heavy atom. The molecule has 0 aliphatic carbocycles. The van der Waals surface area contributed by atoms with Crippen LogP contribution in [0, 0.1) is 6.92 Å². The largest absolute Gasteiger partial charge is 0.387 e. The average molecular weight is 473 g/mol. The summed E-state index contributed by atoms with van der Waals surface area (Å²) in [7, 11) is 0. The molecule has 1 heterocycles. The second-order valence-electron chi connectivity index (χ2n) is 8.72. The number of aliphatic hydroxyl groups is 1. The summed E-state index contributed by atoms with van der Waals surface area (Å²) in [5.74, 6) is -0.450. The van der Waals surface area contributed by atoms with Gasteiger partial charge in [0.1, 0.15) is 0 Å². The Morgan fingerprint density at radius 3 is 2.54 bits per heavy atom. The fourth-order valence-electron chi connectivity index (χ4n) is 3.88. The van der Waals surface area contributed by atoms with E-state index in [-0.39, 0.29) is 18.2 Å². The molecule has 35 heavy (non-hydrogen) atoms. The number of rotatable bonds is 11. The zero-order valence-electron chi connectivity index (χ0n) is 20.2. The summed E-state index contributed by atoms with van der Waals surface area (Å²) < 4.78 is 1.59. The van der Waals surface area contributed by atoms with Crippen LogP contribution in [0.5, 0.6) is 0 Å². The van der Waals surface area contributed by atoms with E-state index >= 15 is 0 Å². The van der Waals surface area contributed by atoms with Crippen molar-refractivity contribution >= 4 is 17.5 Å². The van der Waals surface area contributed by atoms with Crippen LogP contribution >= 0.6 is 0 Å².